The molecular weight excluding hydrogens is 296 g/mol. The molecule has 1 saturated heterocycles. The molecule has 4 heteroatoms. The fraction of sp³-hybridized carbons (Fsp3) is 0.667. The van der Waals surface area contributed by atoms with E-state index >= 15 is 0 Å². The van der Waals surface area contributed by atoms with Crippen LogP contribution in [-0.2, 0) is 0 Å². The number of hydrogen-bond acceptors (Lipinski definition) is 3. The molecule has 0 saturated carbocycles. The van der Waals surface area contributed by atoms with Crippen LogP contribution in [-0.4, -0.2) is 44.2 Å². The molecule has 22 heavy (non-hydrogen) atoms. The monoisotopic (exact) mass is 326 g/mol. The Labute approximate surface area is 141 Å². The summed E-state index contributed by atoms with van der Waals surface area (Å²) in [6.07, 6.45) is 2.63. The topological polar surface area (TPSA) is 24.5 Å². The summed E-state index contributed by atoms with van der Waals surface area (Å²) in [7, 11) is 0. The van der Waals surface area contributed by atoms with Crippen LogP contribution in [0, 0.1) is 19.8 Å². The van der Waals surface area contributed by atoms with Crippen molar-refractivity contribution in [3.05, 3.63) is 29.3 Å². The first-order valence-corrected chi connectivity index (χ1v) is 8.32. The Morgan fingerprint density at radius 3 is 2.64 bits per heavy atom. The maximum absolute atomic E-state index is 5.96. The van der Waals surface area contributed by atoms with Crippen LogP contribution in [0.15, 0.2) is 18.2 Å². The fourth-order valence-corrected chi connectivity index (χ4v) is 2.91. The molecule has 1 aromatic carbocycles. The van der Waals surface area contributed by atoms with Crippen molar-refractivity contribution in [1.82, 2.24) is 10.2 Å². The zero-order chi connectivity index (χ0) is 15.1. The van der Waals surface area contributed by atoms with E-state index in [1.807, 2.05) is 0 Å². The molecule has 0 radical (unpaired) electrons. The number of halogens is 1. The molecule has 0 amide bonds. The minimum atomic E-state index is 0. The number of aryl methyl sites for hydroxylation is 2. The average Bonchev–Trinajstić information content (AvgIpc) is 2.50. The van der Waals surface area contributed by atoms with E-state index in [1.165, 1.54) is 43.6 Å². The smallest absolute Gasteiger partial charge is 0.122 e. The van der Waals surface area contributed by atoms with Gasteiger partial charge in [0, 0.05) is 6.54 Å². The molecule has 0 spiro atoms. The number of hydrogen-bond donors (Lipinski definition) is 1. The first-order valence-electron chi connectivity index (χ1n) is 8.32. The van der Waals surface area contributed by atoms with Gasteiger partial charge in [0.25, 0.3) is 0 Å². The number of rotatable bonds is 7. The lowest BCUT2D eigenvalue weighted by molar-refractivity contribution is 0.154. The molecule has 0 unspecified atom stereocenters. The van der Waals surface area contributed by atoms with Crippen LogP contribution in [0.2, 0.25) is 0 Å². The lowest BCUT2D eigenvalue weighted by Crippen LogP contribution is -2.39. The highest BCUT2D eigenvalue weighted by Crippen LogP contribution is 2.20. The molecule has 0 atom stereocenters. The first kappa shape index (κ1) is 19.3. The third-order valence-electron chi connectivity index (χ3n) is 4.40. The SMILES string of the molecule is CCNCC1CCN(CCOc2cc(C)ccc2C)CC1.Cl. The minimum Gasteiger partial charge on any atom is -0.492 e. The van der Waals surface area contributed by atoms with Crippen LogP contribution < -0.4 is 10.1 Å². The van der Waals surface area contributed by atoms with Gasteiger partial charge in [-0.2, -0.15) is 0 Å². The van der Waals surface area contributed by atoms with Gasteiger partial charge >= 0.3 is 0 Å². The number of likely N-dealkylation sites (tertiary alicyclic amines) is 1. The normalized spacial score (nSPS) is 16.3. The molecule has 1 N–H and O–H groups in total. The average molecular weight is 327 g/mol. The van der Waals surface area contributed by atoms with E-state index in [0.717, 1.165) is 31.4 Å². The van der Waals surface area contributed by atoms with E-state index in [9.17, 15) is 0 Å². The van der Waals surface area contributed by atoms with Gasteiger partial charge < -0.3 is 10.1 Å². The summed E-state index contributed by atoms with van der Waals surface area (Å²) in [5, 5.41) is 3.47. The van der Waals surface area contributed by atoms with Gasteiger partial charge in [-0.1, -0.05) is 19.1 Å². The zero-order valence-electron chi connectivity index (χ0n) is 14.2. The predicted octanol–water partition coefficient (Wildman–Crippen LogP) is 3.43. The van der Waals surface area contributed by atoms with Crippen molar-refractivity contribution >= 4 is 12.4 Å². The molecule has 2 rings (SSSR count). The van der Waals surface area contributed by atoms with E-state index in [2.05, 4.69) is 49.2 Å². The van der Waals surface area contributed by atoms with Crippen LogP contribution in [0.1, 0.15) is 30.9 Å². The number of ether oxygens (including phenoxy) is 1. The molecule has 3 nitrogen and oxygen atoms in total. The molecule has 0 bridgehead atoms. The first-order chi connectivity index (χ1) is 10.2. The van der Waals surface area contributed by atoms with E-state index in [-0.39, 0.29) is 12.4 Å². The highest BCUT2D eigenvalue weighted by atomic mass is 35.5. The third-order valence-corrected chi connectivity index (χ3v) is 4.40. The number of nitrogens with zero attached hydrogens (tertiary/aromatic N) is 1. The molecular formula is C18H31ClN2O. The summed E-state index contributed by atoms with van der Waals surface area (Å²) in [6, 6.07) is 6.41. The second-order valence-electron chi connectivity index (χ2n) is 6.21. The second kappa shape index (κ2) is 10.1. The lowest BCUT2D eigenvalue weighted by atomic mass is 9.97. The largest absolute Gasteiger partial charge is 0.492 e. The zero-order valence-corrected chi connectivity index (χ0v) is 15.0. The van der Waals surface area contributed by atoms with Gasteiger partial charge in [-0.15, -0.1) is 12.4 Å². The Balaban J connectivity index is 0.00000242. The summed E-state index contributed by atoms with van der Waals surface area (Å²) in [6.45, 7) is 12.9. The van der Waals surface area contributed by atoms with Crippen molar-refractivity contribution in [2.24, 2.45) is 5.92 Å². The van der Waals surface area contributed by atoms with Crippen molar-refractivity contribution in [2.45, 2.75) is 33.6 Å². The van der Waals surface area contributed by atoms with Crippen molar-refractivity contribution in [3.63, 3.8) is 0 Å². The van der Waals surface area contributed by atoms with E-state index < -0.39 is 0 Å². The molecule has 1 heterocycles. The minimum absolute atomic E-state index is 0. The van der Waals surface area contributed by atoms with Crippen molar-refractivity contribution in [1.29, 1.82) is 0 Å². The quantitative estimate of drug-likeness (QED) is 0.831. The Hall–Kier alpha value is -0.770. The Bertz CT molecular complexity index is 431. The molecule has 1 fully saturated rings. The molecule has 126 valence electrons. The highest BCUT2D eigenvalue weighted by molar-refractivity contribution is 5.85. The number of benzene rings is 1. The van der Waals surface area contributed by atoms with Crippen LogP contribution in [0.4, 0.5) is 0 Å². The molecule has 0 aliphatic carbocycles. The van der Waals surface area contributed by atoms with E-state index in [1.54, 1.807) is 0 Å². The fourth-order valence-electron chi connectivity index (χ4n) is 2.91. The Morgan fingerprint density at radius 2 is 1.95 bits per heavy atom. The summed E-state index contributed by atoms with van der Waals surface area (Å²) in [4.78, 5) is 2.54. The predicted molar refractivity (Wildman–Crippen MR) is 96.4 cm³/mol. The van der Waals surface area contributed by atoms with Gasteiger partial charge in [0.1, 0.15) is 12.4 Å². The number of piperidine rings is 1. The Kier molecular flexibility index (Phi) is 8.84. The molecule has 1 aliphatic rings. The van der Waals surface area contributed by atoms with Gasteiger partial charge in [0.05, 0.1) is 0 Å². The van der Waals surface area contributed by atoms with Crippen molar-refractivity contribution < 1.29 is 4.74 Å². The summed E-state index contributed by atoms with van der Waals surface area (Å²) in [5.74, 6) is 1.90. The van der Waals surface area contributed by atoms with Crippen LogP contribution in [0.25, 0.3) is 0 Å². The molecule has 0 aromatic heterocycles. The highest BCUT2D eigenvalue weighted by Gasteiger charge is 2.18. The summed E-state index contributed by atoms with van der Waals surface area (Å²) >= 11 is 0. The van der Waals surface area contributed by atoms with Gasteiger partial charge in [0.15, 0.2) is 0 Å². The van der Waals surface area contributed by atoms with Gasteiger partial charge in [0.2, 0.25) is 0 Å². The third kappa shape index (κ3) is 6.15. The Morgan fingerprint density at radius 1 is 1.23 bits per heavy atom. The lowest BCUT2D eigenvalue weighted by Gasteiger charge is -2.31. The van der Waals surface area contributed by atoms with Gasteiger partial charge in [-0.05, 0) is 76.0 Å². The van der Waals surface area contributed by atoms with Gasteiger partial charge in [-0.3, -0.25) is 4.90 Å². The number of nitrogens with one attached hydrogen (secondary N) is 1. The van der Waals surface area contributed by atoms with E-state index in [4.69, 9.17) is 4.74 Å². The standard InChI is InChI=1S/C18H30N2O.ClH/c1-4-19-14-17-7-9-20(10-8-17)11-12-21-18-13-15(2)5-6-16(18)3;/h5-6,13,17,19H,4,7-12,14H2,1-3H3;1H. The summed E-state index contributed by atoms with van der Waals surface area (Å²) in [5.41, 5.74) is 2.49. The van der Waals surface area contributed by atoms with E-state index in [0.29, 0.717) is 0 Å². The van der Waals surface area contributed by atoms with Crippen molar-refractivity contribution in [3.8, 4) is 5.75 Å². The van der Waals surface area contributed by atoms with Crippen LogP contribution in [0.5, 0.6) is 5.75 Å². The molecule has 1 aliphatic heterocycles. The maximum atomic E-state index is 5.96. The second-order valence-corrected chi connectivity index (χ2v) is 6.21. The molecule has 1 aromatic rings. The maximum Gasteiger partial charge on any atom is 0.122 e. The van der Waals surface area contributed by atoms with Crippen LogP contribution in [0.3, 0.4) is 0 Å². The summed E-state index contributed by atoms with van der Waals surface area (Å²) < 4.78 is 5.96. The van der Waals surface area contributed by atoms with Gasteiger partial charge in [-0.25, -0.2) is 0 Å². The van der Waals surface area contributed by atoms with Crippen molar-refractivity contribution in [2.75, 3.05) is 39.3 Å². The van der Waals surface area contributed by atoms with Crippen LogP contribution >= 0.6 is 12.4 Å².